The standard InChI is InChI=1S/C15H22N4O2/c1-12-16-7-10-19(12)11-14(21)18-8-5-15(6-9-18)4-3-13(20)17(15)2/h7,10H,3-6,8-9,11H2,1-2H3. The topological polar surface area (TPSA) is 58.4 Å². The van der Waals surface area contributed by atoms with Gasteiger partial charge in [-0.25, -0.2) is 4.98 Å². The molecule has 2 aliphatic rings. The van der Waals surface area contributed by atoms with Gasteiger partial charge in [0.1, 0.15) is 12.4 Å². The van der Waals surface area contributed by atoms with E-state index < -0.39 is 0 Å². The highest BCUT2D eigenvalue weighted by Gasteiger charge is 2.45. The summed E-state index contributed by atoms with van der Waals surface area (Å²) in [4.78, 5) is 32.1. The molecule has 0 aromatic carbocycles. The SMILES string of the molecule is Cc1nccn1CC(=O)N1CCC2(CCC(=O)N2C)CC1. The lowest BCUT2D eigenvalue weighted by Gasteiger charge is -2.43. The first-order valence-corrected chi connectivity index (χ1v) is 7.54. The predicted octanol–water partition coefficient (Wildman–Crippen LogP) is 0.805. The smallest absolute Gasteiger partial charge is 0.242 e. The van der Waals surface area contributed by atoms with Gasteiger partial charge in [-0.3, -0.25) is 9.59 Å². The van der Waals surface area contributed by atoms with Gasteiger partial charge in [0.25, 0.3) is 0 Å². The molecule has 1 aromatic rings. The number of aryl methyl sites for hydroxylation is 1. The Morgan fingerprint density at radius 2 is 2.05 bits per heavy atom. The monoisotopic (exact) mass is 290 g/mol. The van der Waals surface area contributed by atoms with E-state index in [0.29, 0.717) is 13.0 Å². The summed E-state index contributed by atoms with van der Waals surface area (Å²) in [5.74, 6) is 1.24. The molecular formula is C15H22N4O2. The van der Waals surface area contributed by atoms with E-state index in [1.165, 1.54) is 0 Å². The molecule has 2 amide bonds. The van der Waals surface area contributed by atoms with Crippen molar-refractivity contribution in [2.45, 2.75) is 44.7 Å². The summed E-state index contributed by atoms with van der Waals surface area (Å²) in [6.07, 6.45) is 6.92. The van der Waals surface area contributed by atoms with Crippen LogP contribution in [0.5, 0.6) is 0 Å². The van der Waals surface area contributed by atoms with E-state index >= 15 is 0 Å². The maximum atomic E-state index is 12.4. The Morgan fingerprint density at radius 1 is 1.33 bits per heavy atom. The average Bonchev–Trinajstić information content (AvgIpc) is 3.00. The number of nitrogens with zero attached hydrogens (tertiary/aromatic N) is 4. The molecule has 3 rings (SSSR count). The number of carbonyl (C=O) groups excluding carboxylic acids is 2. The summed E-state index contributed by atoms with van der Waals surface area (Å²) in [6.45, 7) is 3.74. The summed E-state index contributed by atoms with van der Waals surface area (Å²) in [5, 5.41) is 0. The molecule has 114 valence electrons. The molecule has 0 aliphatic carbocycles. The normalized spacial score (nSPS) is 21.3. The van der Waals surface area contributed by atoms with Gasteiger partial charge in [0, 0.05) is 44.5 Å². The summed E-state index contributed by atoms with van der Waals surface area (Å²) >= 11 is 0. The van der Waals surface area contributed by atoms with Gasteiger partial charge in [0.05, 0.1) is 0 Å². The maximum absolute atomic E-state index is 12.4. The van der Waals surface area contributed by atoms with Crippen molar-refractivity contribution in [2.75, 3.05) is 20.1 Å². The van der Waals surface area contributed by atoms with Gasteiger partial charge in [0.15, 0.2) is 0 Å². The van der Waals surface area contributed by atoms with E-state index in [1.807, 2.05) is 34.5 Å². The number of imidazole rings is 1. The van der Waals surface area contributed by atoms with E-state index in [4.69, 9.17) is 0 Å². The molecule has 0 unspecified atom stereocenters. The number of piperidine rings is 1. The third-order valence-electron chi connectivity index (χ3n) is 5.17. The third kappa shape index (κ3) is 2.43. The number of amides is 2. The quantitative estimate of drug-likeness (QED) is 0.809. The molecule has 0 N–H and O–H groups in total. The molecule has 2 saturated heterocycles. The Balaban J connectivity index is 1.60. The Labute approximate surface area is 124 Å². The van der Waals surface area contributed by atoms with Gasteiger partial charge in [-0.1, -0.05) is 0 Å². The predicted molar refractivity (Wildman–Crippen MR) is 77.5 cm³/mol. The first-order chi connectivity index (χ1) is 10.0. The highest BCUT2D eigenvalue weighted by Crippen LogP contribution is 2.37. The molecule has 2 fully saturated rings. The molecule has 1 spiro atoms. The Bertz CT molecular complexity index is 558. The van der Waals surface area contributed by atoms with Crippen LogP contribution in [0.15, 0.2) is 12.4 Å². The van der Waals surface area contributed by atoms with E-state index in [-0.39, 0.29) is 17.4 Å². The van der Waals surface area contributed by atoms with Crippen molar-refractivity contribution in [1.82, 2.24) is 19.4 Å². The molecule has 1 aromatic heterocycles. The molecule has 0 atom stereocenters. The molecule has 2 aliphatic heterocycles. The molecule has 0 saturated carbocycles. The maximum Gasteiger partial charge on any atom is 0.242 e. The van der Waals surface area contributed by atoms with Crippen molar-refractivity contribution < 1.29 is 9.59 Å². The second-order valence-corrected chi connectivity index (χ2v) is 6.16. The summed E-state index contributed by atoms with van der Waals surface area (Å²) in [7, 11) is 1.90. The van der Waals surface area contributed by atoms with Gasteiger partial charge in [0.2, 0.25) is 11.8 Å². The van der Waals surface area contributed by atoms with E-state index in [2.05, 4.69) is 4.98 Å². The van der Waals surface area contributed by atoms with Crippen LogP contribution in [0, 0.1) is 6.92 Å². The van der Waals surface area contributed by atoms with Crippen LogP contribution < -0.4 is 0 Å². The summed E-state index contributed by atoms with van der Waals surface area (Å²) in [5.41, 5.74) is -0.00121. The number of carbonyl (C=O) groups is 2. The van der Waals surface area contributed by atoms with Crippen molar-refractivity contribution in [3.63, 3.8) is 0 Å². The lowest BCUT2D eigenvalue weighted by Crippen LogP contribution is -2.53. The van der Waals surface area contributed by atoms with Crippen LogP contribution in [0.25, 0.3) is 0 Å². The molecule has 0 radical (unpaired) electrons. The minimum atomic E-state index is -0.00121. The zero-order valence-corrected chi connectivity index (χ0v) is 12.7. The van der Waals surface area contributed by atoms with Crippen molar-refractivity contribution in [3.8, 4) is 0 Å². The lowest BCUT2D eigenvalue weighted by atomic mass is 9.85. The van der Waals surface area contributed by atoms with Crippen molar-refractivity contribution in [1.29, 1.82) is 0 Å². The van der Waals surface area contributed by atoms with Crippen molar-refractivity contribution in [2.24, 2.45) is 0 Å². The summed E-state index contributed by atoms with van der Waals surface area (Å²) in [6, 6.07) is 0. The zero-order chi connectivity index (χ0) is 15.0. The molecule has 6 nitrogen and oxygen atoms in total. The fraction of sp³-hybridized carbons (Fsp3) is 0.667. The summed E-state index contributed by atoms with van der Waals surface area (Å²) < 4.78 is 1.87. The highest BCUT2D eigenvalue weighted by atomic mass is 16.2. The van der Waals surface area contributed by atoms with E-state index in [0.717, 1.165) is 38.2 Å². The van der Waals surface area contributed by atoms with Crippen molar-refractivity contribution in [3.05, 3.63) is 18.2 Å². The molecule has 0 bridgehead atoms. The average molecular weight is 290 g/mol. The largest absolute Gasteiger partial charge is 0.341 e. The molecule has 6 heteroatoms. The second-order valence-electron chi connectivity index (χ2n) is 6.16. The molecule has 21 heavy (non-hydrogen) atoms. The van der Waals surface area contributed by atoms with Gasteiger partial charge in [-0.2, -0.15) is 0 Å². The molecular weight excluding hydrogens is 268 g/mol. The lowest BCUT2D eigenvalue weighted by molar-refractivity contribution is -0.136. The number of hydrogen-bond donors (Lipinski definition) is 0. The van der Waals surface area contributed by atoms with Crippen LogP contribution >= 0.6 is 0 Å². The fourth-order valence-corrected chi connectivity index (χ4v) is 3.51. The fourth-order valence-electron chi connectivity index (χ4n) is 3.51. The first kappa shape index (κ1) is 14.1. The molecule has 3 heterocycles. The van der Waals surface area contributed by atoms with Crippen LogP contribution in [0.4, 0.5) is 0 Å². The third-order valence-corrected chi connectivity index (χ3v) is 5.17. The number of hydrogen-bond acceptors (Lipinski definition) is 3. The highest BCUT2D eigenvalue weighted by molar-refractivity contribution is 5.80. The van der Waals surface area contributed by atoms with Gasteiger partial charge in [-0.15, -0.1) is 0 Å². The number of aromatic nitrogens is 2. The first-order valence-electron chi connectivity index (χ1n) is 7.54. The van der Waals surface area contributed by atoms with E-state index in [9.17, 15) is 9.59 Å². The van der Waals surface area contributed by atoms with E-state index in [1.54, 1.807) is 6.20 Å². The van der Waals surface area contributed by atoms with Crippen molar-refractivity contribution >= 4 is 11.8 Å². The zero-order valence-electron chi connectivity index (χ0n) is 12.7. The van der Waals surface area contributed by atoms with Gasteiger partial charge >= 0.3 is 0 Å². The van der Waals surface area contributed by atoms with Gasteiger partial charge < -0.3 is 14.4 Å². The van der Waals surface area contributed by atoms with Crippen LogP contribution in [0.2, 0.25) is 0 Å². The number of rotatable bonds is 2. The van der Waals surface area contributed by atoms with Crippen LogP contribution in [0.1, 0.15) is 31.5 Å². The Hall–Kier alpha value is -1.85. The number of likely N-dealkylation sites (tertiary alicyclic amines) is 2. The van der Waals surface area contributed by atoms with Crippen LogP contribution in [0.3, 0.4) is 0 Å². The van der Waals surface area contributed by atoms with Crippen LogP contribution in [-0.2, 0) is 16.1 Å². The minimum Gasteiger partial charge on any atom is -0.341 e. The van der Waals surface area contributed by atoms with Crippen LogP contribution in [-0.4, -0.2) is 56.8 Å². The second kappa shape index (κ2) is 5.16. The Morgan fingerprint density at radius 3 is 2.57 bits per heavy atom. The van der Waals surface area contributed by atoms with Gasteiger partial charge in [-0.05, 0) is 26.2 Å². The Kier molecular flexibility index (Phi) is 3.47. The minimum absolute atomic E-state index is 0.00121.